The van der Waals surface area contributed by atoms with Gasteiger partial charge in [-0.3, -0.25) is 24.2 Å². The largest absolute Gasteiger partial charge is 0.339 e. The molecule has 7 nitrogen and oxygen atoms in total. The van der Waals surface area contributed by atoms with Crippen LogP contribution in [0.4, 0.5) is 0 Å². The Kier molecular flexibility index (Phi) is 5.94. The van der Waals surface area contributed by atoms with Crippen molar-refractivity contribution in [2.75, 3.05) is 32.7 Å². The summed E-state index contributed by atoms with van der Waals surface area (Å²) < 4.78 is 0. The minimum Gasteiger partial charge on any atom is -0.339 e. The van der Waals surface area contributed by atoms with Crippen molar-refractivity contribution < 1.29 is 14.4 Å². The molecule has 3 heterocycles. The number of imide groups is 1. The number of amides is 3. The minimum absolute atomic E-state index is 0.131. The van der Waals surface area contributed by atoms with Gasteiger partial charge in [0.15, 0.2) is 0 Å². The second-order valence-corrected chi connectivity index (χ2v) is 8.48. The van der Waals surface area contributed by atoms with Gasteiger partial charge in [-0.2, -0.15) is 0 Å². The van der Waals surface area contributed by atoms with Crippen molar-refractivity contribution in [3.63, 3.8) is 0 Å². The topological polar surface area (TPSA) is 73.8 Å². The van der Waals surface area contributed by atoms with Crippen LogP contribution < -0.4 is 0 Å². The fraction of sp³-hybridized carbons (Fsp3) is 0.400. The fourth-order valence-corrected chi connectivity index (χ4v) is 4.47. The third kappa shape index (κ3) is 4.66. The Balaban J connectivity index is 1.28. The molecule has 0 bridgehead atoms. The van der Waals surface area contributed by atoms with E-state index in [0.29, 0.717) is 18.1 Å². The molecule has 9 heteroatoms. The highest BCUT2D eigenvalue weighted by molar-refractivity contribution is 7.13. The molecule has 0 saturated carbocycles. The van der Waals surface area contributed by atoms with E-state index in [0.717, 1.165) is 40.8 Å². The van der Waals surface area contributed by atoms with Crippen LogP contribution in [0.25, 0.3) is 10.6 Å². The molecule has 2 aliphatic heterocycles. The lowest BCUT2D eigenvalue weighted by Gasteiger charge is -2.35. The Bertz CT molecular complexity index is 906. The van der Waals surface area contributed by atoms with E-state index in [1.54, 1.807) is 16.2 Å². The highest BCUT2D eigenvalue weighted by Crippen LogP contribution is 2.25. The van der Waals surface area contributed by atoms with E-state index >= 15 is 0 Å². The van der Waals surface area contributed by atoms with Gasteiger partial charge in [0.1, 0.15) is 11.6 Å². The fourth-order valence-electron chi connectivity index (χ4n) is 3.52. The van der Waals surface area contributed by atoms with E-state index < -0.39 is 0 Å². The van der Waals surface area contributed by atoms with Gasteiger partial charge < -0.3 is 4.90 Å². The summed E-state index contributed by atoms with van der Waals surface area (Å²) in [5.74, 6) is -0.657. The number of halogens is 1. The summed E-state index contributed by atoms with van der Waals surface area (Å²) in [5, 5.41) is 3.73. The van der Waals surface area contributed by atoms with Crippen molar-refractivity contribution in [2.45, 2.75) is 19.4 Å². The maximum absolute atomic E-state index is 12.4. The average Bonchev–Trinajstić information content (AvgIpc) is 3.31. The molecule has 4 rings (SSSR count). The highest BCUT2D eigenvalue weighted by Gasteiger charge is 2.32. The SMILES string of the molecule is O=C(CN1C(=O)CCC1=O)N1CCN(Cc2csc(-c3ccc(Cl)cc3)n2)CC1. The van der Waals surface area contributed by atoms with Gasteiger partial charge in [0.2, 0.25) is 17.7 Å². The van der Waals surface area contributed by atoms with Gasteiger partial charge in [0.05, 0.1) is 5.69 Å². The summed E-state index contributed by atoms with van der Waals surface area (Å²) >= 11 is 7.55. The van der Waals surface area contributed by atoms with Crippen LogP contribution in [-0.2, 0) is 20.9 Å². The predicted octanol–water partition coefficient (Wildman–Crippen LogP) is 2.26. The van der Waals surface area contributed by atoms with Gasteiger partial charge in [-0.15, -0.1) is 11.3 Å². The molecule has 2 aliphatic rings. The molecule has 0 radical (unpaired) electrons. The number of carbonyl (C=O) groups excluding carboxylic acids is 3. The molecule has 29 heavy (non-hydrogen) atoms. The van der Waals surface area contributed by atoms with E-state index in [1.807, 2.05) is 24.3 Å². The van der Waals surface area contributed by atoms with Gasteiger partial charge in [-0.05, 0) is 12.1 Å². The van der Waals surface area contributed by atoms with Crippen molar-refractivity contribution >= 4 is 40.7 Å². The Morgan fingerprint density at radius 3 is 2.34 bits per heavy atom. The first kappa shape index (κ1) is 20.0. The van der Waals surface area contributed by atoms with Crippen molar-refractivity contribution in [1.82, 2.24) is 19.7 Å². The number of rotatable bonds is 5. The molecule has 1 aromatic heterocycles. The number of hydrogen-bond donors (Lipinski definition) is 0. The van der Waals surface area contributed by atoms with Crippen LogP contribution in [0, 0.1) is 0 Å². The zero-order valence-corrected chi connectivity index (χ0v) is 17.4. The molecule has 0 spiro atoms. The van der Waals surface area contributed by atoms with Crippen LogP contribution in [0.5, 0.6) is 0 Å². The minimum atomic E-state index is -0.248. The molecule has 0 N–H and O–H groups in total. The maximum Gasteiger partial charge on any atom is 0.242 e. The first-order valence-electron chi connectivity index (χ1n) is 9.53. The van der Waals surface area contributed by atoms with E-state index in [2.05, 4.69) is 10.3 Å². The summed E-state index contributed by atoms with van der Waals surface area (Å²) in [6.07, 6.45) is 0.428. The monoisotopic (exact) mass is 432 g/mol. The van der Waals surface area contributed by atoms with Gasteiger partial charge in [0, 0.05) is 61.5 Å². The van der Waals surface area contributed by atoms with E-state index in [1.165, 1.54) is 0 Å². The van der Waals surface area contributed by atoms with Gasteiger partial charge in [-0.1, -0.05) is 23.7 Å². The molecule has 2 aromatic rings. The van der Waals surface area contributed by atoms with E-state index in [4.69, 9.17) is 16.6 Å². The van der Waals surface area contributed by atoms with Crippen molar-refractivity contribution in [1.29, 1.82) is 0 Å². The summed E-state index contributed by atoms with van der Waals surface area (Å²) in [6, 6.07) is 7.64. The molecule has 2 fully saturated rings. The molecule has 0 aliphatic carbocycles. The quantitative estimate of drug-likeness (QED) is 0.677. The second kappa shape index (κ2) is 8.61. The number of likely N-dealkylation sites (tertiary alicyclic amines) is 1. The maximum atomic E-state index is 12.4. The Morgan fingerprint density at radius 1 is 1.03 bits per heavy atom. The lowest BCUT2D eigenvalue weighted by molar-refractivity contribution is -0.146. The zero-order valence-electron chi connectivity index (χ0n) is 15.8. The number of carbonyl (C=O) groups is 3. The molecule has 0 unspecified atom stereocenters. The van der Waals surface area contributed by atoms with Gasteiger partial charge >= 0.3 is 0 Å². The number of nitrogens with zero attached hydrogens (tertiary/aromatic N) is 4. The molecular weight excluding hydrogens is 412 g/mol. The summed E-state index contributed by atoms with van der Waals surface area (Å²) in [4.78, 5) is 45.6. The standard InChI is InChI=1S/C20H21ClN4O3S/c21-15-3-1-14(2-4-15)20-22-16(13-29-20)11-23-7-9-24(10-8-23)19(28)12-25-17(26)5-6-18(25)27/h1-4,13H,5-12H2. The molecule has 152 valence electrons. The molecular formula is C20H21ClN4O3S. The van der Waals surface area contributed by atoms with Crippen LogP contribution in [-0.4, -0.2) is 70.1 Å². The van der Waals surface area contributed by atoms with E-state index in [-0.39, 0.29) is 37.1 Å². The third-order valence-electron chi connectivity index (χ3n) is 5.20. The third-order valence-corrected chi connectivity index (χ3v) is 6.39. The number of thiazole rings is 1. The van der Waals surface area contributed by atoms with Crippen LogP contribution in [0.1, 0.15) is 18.5 Å². The van der Waals surface area contributed by atoms with Crippen molar-refractivity contribution in [3.05, 3.63) is 40.4 Å². The summed E-state index contributed by atoms with van der Waals surface area (Å²) in [6.45, 7) is 3.25. The number of piperazine rings is 1. The lowest BCUT2D eigenvalue weighted by Crippen LogP contribution is -2.51. The Hall–Kier alpha value is -2.29. The molecule has 2 saturated heterocycles. The number of aromatic nitrogens is 1. The van der Waals surface area contributed by atoms with Gasteiger partial charge in [0.25, 0.3) is 0 Å². The summed E-state index contributed by atoms with van der Waals surface area (Å²) in [7, 11) is 0. The zero-order chi connectivity index (χ0) is 20.4. The number of benzene rings is 1. The molecule has 0 atom stereocenters. The van der Waals surface area contributed by atoms with Crippen LogP contribution in [0.2, 0.25) is 5.02 Å². The highest BCUT2D eigenvalue weighted by atomic mass is 35.5. The van der Waals surface area contributed by atoms with Crippen LogP contribution in [0.15, 0.2) is 29.6 Å². The normalized spacial score (nSPS) is 18.0. The van der Waals surface area contributed by atoms with E-state index in [9.17, 15) is 14.4 Å². The molecule has 1 aromatic carbocycles. The first-order chi connectivity index (χ1) is 14.0. The Morgan fingerprint density at radius 2 is 1.69 bits per heavy atom. The van der Waals surface area contributed by atoms with Crippen LogP contribution >= 0.6 is 22.9 Å². The van der Waals surface area contributed by atoms with Crippen molar-refractivity contribution in [3.8, 4) is 10.6 Å². The summed E-state index contributed by atoms with van der Waals surface area (Å²) in [5.41, 5.74) is 2.06. The lowest BCUT2D eigenvalue weighted by atomic mass is 10.2. The van der Waals surface area contributed by atoms with Crippen LogP contribution in [0.3, 0.4) is 0 Å². The predicted molar refractivity (Wildman–Crippen MR) is 110 cm³/mol. The van der Waals surface area contributed by atoms with Gasteiger partial charge in [-0.25, -0.2) is 4.98 Å². The Labute approximate surface area is 177 Å². The smallest absolute Gasteiger partial charge is 0.242 e. The first-order valence-corrected chi connectivity index (χ1v) is 10.8. The number of hydrogen-bond acceptors (Lipinski definition) is 6. The second-order valence-electron chi connectivity index (χ2n) is 7.18. The van der Waals surface area contributed by atoms with Crippen molar-refractivity contribution in [2.24, 2.45) is 0 Å². The average molecular weight is 433 g/mol. The molecule has 3 amide bonds.